The van der Waals surface area contributed by atoms with Crippen LogP contribution in [0.15, 0.2) is 146 Å². The van der Waals surface area contributed by atoms with Crippen molar-refractivity contribution < 1.29 is 14.4 Å². The van der Waals surface area contributed by atoms with Crippen LogP contribution in [0.4, 0.5) is 17.1 Å². The zero-order chi connectivity index (χ0) is 51.9. The number of hydrogen-bond acceptors (Lipinski definition) is 6. The maximum absolute atomic E-state index is 15.1. The maximum Gasteiger partial charge on any atom is 0.258 e. The van der Waals surface area contributed by atoms with Gasteiger partial charge in [0.25, 0.3) is 17.7 Å². The second kappa shape index (κ2) is 16.6. The van der Waals surface area contributed by atoms with E-state index in [1.54, 1.807) is 54.0 Å². The van der Waals surface area contributed by atoms with Gasteiger partial charge >= 0.3 is 0 Å². The lowest BCUT2D eigenvalue weighted by Gasteiger charge is -2.23. The summed E-state index contributed by atoms with van der Waals surface area (Å²) in [5.74, 6) is -1.17. The molecule has 0 unspecified atom stereocenters. The number of hydrogen-bond donors (Lipinski definition) is 0. The topological polar surface area (TPSA) is 113 Å². The third kappa shape index (κ3) is 6.68. The minimum Gasteiger partial charge on any atom is -0.311 e. The van der Waals surface area contributed by atoms with Gasteiger partial charge in [-0.3, -0.25) is 27.6 Å². The number of carbonyl (C=O) groups excluding carboxylic acids is 3. The number of pyridine rings is 3. The molecule has 3 amide bonds. The molecule has 0 fully saturated rings. The quantitative estimate of drug-likeness (QED) is 0.153. The highest BCUT2D eigenvalue weighted by Gasteiger charge is 2.26. The van der Waals surface area contributed by atoms with Crippen molar-refractivity contribution in [2.45, 2.75) is 41.5 Å². The summed E-state index contributed by atoms with van der Waals surface area (Å²) in [6.07, 6.45) is 0. The first kappa shape index (κ1) is 45.4. The Morgan fingerprint density at radius 3 is 0.880 bits per heavy atom. The van der Waals surface area contributed by atoms with Gasteiger partial charge in [0.2, 0.25) is 0 Å². The zero-order valence-electron chi connectivity index (χ0n) is 43.1. The normalized spacial score (nSPS) is 12.0. The van der Waals surface area contributed by atoms with Gasteiger partial charge < -0.3 is 14.7 Å². The van der Waals surface area contributed by atoms with Crippen LogP contribution >= 0.6 is 0 Å². The number of amides is 3. The number of para-hydroxylation sites is 3. The third-order valence-electron chi connectivity index (χ3n) is 15.8. The molecule has 75 heavy (non-hydrogen) atoms. The van der Waals surface area contributed by atoms with Crippen LogP contribution in [0.25, 0.3) is 82.0 Å². The van der Waals surface area contributed by atoms with Crippen molar-refractivity contribution in [2.75, 3.05) is 35.8 Å². The molecule has 7 aromatic carbocycles. The number of fused-ring (bicyclic) bond motifs is 18. The summed E-state index contributed by atoms with van der Waals surface area (Å²) in [7, 11) is 5.17. The van der Waals surface area contributed by atoms with Crippen molar-refractivity contribution in [1.29, 1.82) is 0 Å². The lowest BCUT2D eigenvalue weighted by atomic mass is 10.0. The van der Waals surface area contributed by atoms with Gasteiger partial charge in [0, 0.05) is 104 Å². The first-order valence-corrected chi connectivity index (χ1v) is 25.1. The summed E-state index contributed by atoms with van der Waals surface area (Å²) in [5, 5.41) is 8.81. The Morgan fingerprint density at radius 1 is 0.333 bits per heavy atom. The summed E-state index contributed by atoms with van der Waals surface area (Å²) < 4.78 is 6.57. The molecular formula is C63H51N9O3. The molecule has 0 atom stereocenters. The van der Waals surface area contributed by atoms with Gasteiger partial charge in [-0.1, -0.05) is 54.6 Å². The molecule has 0 aliphatic heterocycles. The smallest absolute Gasteiger partial charge is 0.258 e. The van der Waals surface area contributed by atoms with Gasteiger partial charge in [-0.15, -0.1) is 0 Å². The number of nitrogens with zero attached hydrogens (tertiary/aromatic N) is 9. The van der Waals surface area contributed by atoms with E-state index in [1.807, 2.05) is 112 Å². The lowest BCUT2D eigenvalue weighted by Crippen LogP contribution is -2.31. The Morgan fingerprint density at radius 2 is 0.600 bits per heavy atom. The van der Waals surface area contributed by atoms with Gasteiger partial charge in [0.15, 0.2) is 0 Å². The highest BCUT2D eigenvalue weighted by Crippen LogP contribution is 2.38. The van der Waals surface area contributed by atoms with Crippen LogP contribution in [0, 0.1) is 41.5 Å². The van der Waals surface area contributed by atoms with Crippen LogP contribution in [0.1, 0.15) is 65.2 Å². The van der Waals surface area contributed by atoms with E-state index in [4.69, 9.17) is 15.0 Å². The van der Waals surface area contributed by atoms with Crippen LogP contribution in [0.2, 0.25) is 0 Å². The molecule has 12 heteroatoms. The fourth-order valence-corrected chi connectivity index (χ4v) is 11.4. The van der Waals surface area contributed by atoms with Crippen molar-refractivity contribution in [1.82, 2.24) is 28.2 Å². The SMILES string of the molecule is Cc1nc2c3ccc(N(C)C(=O)c4cc(C(=O)N(C)c5ccc6c(c5)c5ccccc5n5c(C)c(C)nc65)cc(C(=O)N(C)c5ccc6c(c5)c5ccccc5n5c(C)c(C)nc65)c4)cc3c3ccccc3n2c1C. The van der Waals surface area contributed by atoms with Crippen LogP contribution in [-0.2, 0) is 0 Å². The standard InChI is InChI=1S/C63H51N9O3/c1-34-37(4)70-55-19-13-10-16-46(55)52-31-43(22-25-49(52)58(70)64-34)67(7)61(73)40-28-41(62(74)68(8)44-23-26-50-53(32-44)47-17-11-14-20-56(47)71-38(5)35(2)65-59(50)71)30-42(29-40)63(75)69(9)45-24-27-51-54(33-45)48-18-12-15-21-57(48)72-39(6)36(3)66-60(51)72/h10-33H,1-9H3. The number of carbonyl (C=O) groups is 3. The van der Waals surface area contributed by atoms with Crippen molar-refractivity contribution in [3.8, 4) is 0 Å². The molecule has 0 aliphatic rings. The average Bonchev–Trinajstić information content (AvgIpc) is 4.05. The fraction of sp³-hybridized carbons (Fsp3) is 0.143. The van der Waals surface area contributed by atoms with E-state index in [0.717, 1.165) is 116 Å². The third-order valence-corrected chi connectivity index (χ3v) is 15.8. The minimum absolute atomic E-state index is 0.183. The molecule has 0 radical (unpaired) electrons. The average molecular weight is 982 g/mol. The molecule has 13 aromatic rings. The molecule has 0 aliphatic carbocycles. The molecule has 0 spiro atoms. The Hall–Kier alpha value is -9.42. The van der Waals surface area contributed by atoms with Crippen molar-refractivity contribution in [3.63, 3.8) is 0 Å². The van der Waals surface area contributed by atoms with E-state index in [-0.39, 0.29) is 34.4 Å². The number of rotatable bonds is 6. The molecule has 366 valence electrons. The lowest BCUT2D eigenvalue weighted by molar-refractivity contribution is 0.0992. The summed E-state index contributed by atoms with van der Waals surface area (Å²) in [5.41, 5.74) is 14.1. The molecule has 13 rings (SSSR count). The summed E-state index contributed by atoms with van der Waals surface area (Å²) in [6, 6.07) is 47.3. The minimum atomic E-state index is -0.390. The largest absolute Gasteiger partial charge is 0.311 e. The molecule has 6 aromatic heterocycles. The van der Waals surface area contributed by atoms with E-state index in [1.165, 1.54) is 0 Å². The zero-order valence-corrected chi connectivity index (χ0v) is 43.1. The first-order valence-electron chi connectivity index (χ1n) is 25.1. The van der Waals surface area contributed by atoms with E-state index in [2.05, 4.69) is 70.4 Å². The second-order valence-corrected chi connectivity index (χ2v) is 20.0. The fourth-order valence-electron chi connectivity index (χ4n) is 11.4. The van der Waals surface area contributed by atoms with E-state index < -0.39 is 0 Å². The van der Waals surface area contributed by atoms with Crippen molar-refractivity contribution in [3.05, 3.63) is 196 Å². The predicted molar refractivity (Wildman–Crippen MR) is 304 cm³/mol. The molecule has 12 nitrogen and oxygen atoms in total. The predicted octanol–water partition coefficient (Wildman–Crippen LogP) is 13.2. The molecular weight excluding hydrogens is 931 g/mol. The maximum atomic E-state index is 15.1. The van der Waals surface area contributed by atoms with Gasteiger partial charge in [0.1, 0.15) is 16.9 Å². The Bertz CT molecular complexity index is 4210. The molecule has 0 saturated carbocycles. The second-order valence-electron chi connectivity index (χ2n) is 20.0. The Kier molecular flexibility index (Phi) is 10.0. The summed E-state index contributed by atoms with van der Waals surface area (Å²) in [6.45, 7) is 12.3. The van der Waals surface area contributed by atoms with E-state index in [0.29, 0.717) is 17.1 Å². The first-order chi connectivity index (χ1) is 36.2. The monoisotopic (exact) mass is 981 g/mol. The van der Waals surface area contributed by atoms with Crippen molar-refractivity contribution in [2.24, 2.45) is 0 Å². The van der Waals surface area contributed by atoms with Crippen molar-refractivity contribution >= 4 is 117 Å². The van der Waals surface area contributed by atoms with Crippen LogP contribution in [0.5, 0.6) is 0 Å². The number of aromatic nitrogens is 6. The molecule has 0 N–H and O–H groups in total. The highest BCUT2D eigenvalue weighted by atomic mass is 16.2. The van der Waals surface area contributed by atoms with Crippen LogP contribution in [0.3, 0.4) is 0 Å². The number of anilines is 3. The van der Waals surface area contributed by atoms with E-state index in [9.17, 15) is 0 Å². The Labute approximate surface area is 431 Å². The van der Waals surface area contributed by atoms with Crippen LogP contribution < -0.4 is 14.7 Å². The number of imidazole rings is 3. The van der Waals surface area contributed by atoms with Gasteiger partial charge in [-0.05, 0) is 149 Å². The molecule has 6 heterocycles. The number of benzene rings is 7. The van der Waals surface area contributed by atoms with Gasteiger partial charge in [-0.25, -0.2) is 15.0 Å². The number of aryl methyl sites for hydroxylation is 6. The summed E-state index contributed by atoms with van der Waals surface area (Å²) in [4.78, 5) is 64.9. The van der Waals surface area contributed by atoms with Crippen LogP contribution in [-0.4, -0.2) is 67.0 Å². The van der Waals surface area contributed by atoms with Gasteiger partial charge in [0.05, 0.1) is 33.6 Å². The molecule has 0 bridgehead atoms. The highest BCUT2D eigenvalue weighted by molar-refractivity contribution is 6.19. The molecule has 0 saturated heterocycles. The van der Waals surface area contributed by atoms with E-state index >= 15 is 14.4 Å². The summed E-state index contributed by atoms with van der Waals surface area (Å²) >= 11 is 0. The van der Waals surface area contributed by atoms with Gasteiger partial charge in [-0.2, -0.15) is 0 Å². The Balaban J connectivity index is 0.927.